The lowest BCUT2D eigenvalue weighted by Gasteiger charge is -2.10. The standard InChI is InChI=1S/C13H10Br2ClNO/c14-11-6-10(17)3-1-8(11)7-18-13-4-2-9(16)5-12(13)15/h1-6H,7,17H2. The molecule has 0 saturated heterocycles. The number of halogens is 3. The van der Waals surface area contributed by atoms with Gasteiger partial charge in [0, 0.05) is 20.7 Å². The van der Waals surface area contributed by atoms with Crippen LogP contribution in [0.2, 0.25) is 5.02 Å². The number of benzene rings is 2. The number of nitrogens with two attached hydrogens (primary N) is 1. The molecule has 94 valence electrons. The minimum atomic E-state index is 0.459. The van der Waals surface area contributed by atoms with Gasteiger partial charge in [0.05, 0.1) is 4.47 Å². The van der Waals surface area contributed by atoms with Crippen molar-refractivity contribution in [1.82, 2.24) is 0 Å². The summed E-state index contributed by atoms with van der Waals surface area (Å²) >= 11 is 12.7. The Morgan fingerprint density at radius 3 is 2.50 bits per heavy atom. The molecule has 0 aromatic heterocycles. The van der Waals surface area contributed by atoms with Gasteiger partial charge in [0.25, 0.3) is 0 Å². The second kappa shape index (κ2) is 5.95. The van der Waals surface area contributed by atoms with E-state index in [9.17, 15) is 0 Å². The van der Waals surface area contributed by atoms with Crippen LogP contribution in [0.4, 0.5) is 5.69 Å². The van der Waals surface area contributed by atoms with E-state index in [1.54, 1.807) is 12.1 Å². The second-order valence-corrected chi connectivity index (χ2v) is 5.86. The van der Waals surface area contributed by atoms with Crippen LogP contribution in [-0.4, -0.2) is 0 Å². The highest BCUT2D eigenvalue weighted by molar-refractivity contribution is 9.10. The van der Waals surface area contributed by atoms with Gasteiger partial charge in [-0.25, -0.2) is 0 Å². The van der Waals surface area contributed by atoms with Gasteiger partial charge in [-0.3, -0.25) is 0 Å². The maximum absolute atomic E-state index is 5.87. The molecule has 18 heavy (non-hydrogen) atoms. The number of ether oxygens (including phenoxy) is 1. The molecule has 2 N–H and O–H groups in total. The lowest BCUT2D eigenvalue weighted by Crippen LogP contribution is -1.98. The predicted molar refractivity (Wildman–Crippen MR) is 82.0 cm³/mol. The first-order chi connectivity index (χ1) is 8.56. The molecule has 0 amide bonds. The Kier molecular flexibility index (Phi) is 4.54. The summed E-state index contributed by atoms with van der Waals surface area (Å²) in [5.41, 5.74) is 7.44. The van der Waals surface area contributed by atoms with Crippen molar-refractivity contribution >= 4 is 49.1 Å². The Labute approximate surface area is 127 Å². The molecule has 2 aromatic rings. The lowest BCUT2D eigenvalue weighted by atomic mass is 10.2. The van der Waals surface area contributed by atoms with E-state index in [1.807, 2.05) is 24.3 Å². The van der Waals surface area contributed by atoms with Crippen LogP contribution in [0.1, 0.15) is 5.56 Å². The fourth-order valence-corrected chi connectivity index (χ4v) is 2.74. The van der Waals surface area contributed by atoms with Gasteiger partial charge < -0.3 is 10.5 Å². The molecular formula is C13H10Br2ClNO. The number of hydrogen-bond donors (Lipinski definition) is 1. The van der Waals surface area contributed by atoms with Gasteiger partial charge in [-0.2, -0.15) is 0 Å². The van der Waals surface area contributed by atoms with Gasteiger partial charge in [0.1, 0.15) is 12.4 Å². The normalized spacial score (nSPS) is 10.4. The summed E-state index contributed by atoms with van der Waals surface area (Å²) < 4.78 is 7.49. The highest BCUT2D eigenvalue weighted by Gasteiger charge is 2.05. The van der Waals surface area contributed by atoms with Crippen molar-refractivity contribution in [1.29, 1.82) is 0 Å². The third-order valence-corrected chi connectivity index (χ3v) is 3.95. The van der Waals surface area contributed by atoms with Crippen LogP contribution >= 0.6 is 43.5 Å². The van der Waals surface area contributed by atoms with Crippen molar-refractivity contribution in [3.8, 4) is 5.75 Å². The zero-order valence-corrected chi connectivity index (χ0v) is 13.2. The van der Waals surface area contributed by atoms with Gasteiger partial charge in [0.15, 0.2) is 0 Å². The Morgan fingerprint density at radius 1 is 1.06 bits per heavy atom. The van der Waals surface area contributed by atoms with Crippen molar-refractivity contribution < 1.29 is 4.74 Å². The van der Waals surface area contributed by atoms with Crippen molar-refractivity contribution in [3.63, 3.8) is 0 Å². The van der Waals surface area contributed by atoms with Gasteiger partial charge in [-0.1, -0.05) is 33.6 Å². The van der Waals surface area contributed by atoms with Crippen LogP contribution in [0.25, 0.3) is 0 Å². The van der Waals surface area contributed by atoms with Crippen LogP contribution in [-0.2, 0) is 6.61 Å². The van der Waals surface area contributed by atoms with Crippen LogP contribution in [0.15, 0.2) is 45.3 Å². The summed E-state index contributed by atoms with van der Waals surface area (Å²) in [6, 6.07) is 11.1. The van der Waals surface area contributed by atoms with Crippen molar-refractivity contribution in [2.75, 3.05) is 5.73 Å². The highest BCUT2D eigenvalue weighted by Crippen LogP contribution is 2.29. The molecule has 0 aliphatic carbocycles. The second-order valence-electron chi connectivity index (χ2n) is 3.71. The van der Waals surface area contributed by atoms with E-state index in [0.717, 1.165) is 25.9 Å². The number of hydrogen-bond acceptors (Lipinski definition) is 2. The molecule has 0 saturated carbocycles. The molecule has 0 aliphatic rings. The van der Waals surface area contributed by atoms with Gasteiger partial charge in [-0.05, 0) is 46.3 Å². The Balaban J connectivity index is 2.11. The van der Waals surface area contributed by atoms with Gasteiger partial charge in [-0.15, -0.1) is 0 Å². The first kappa shape index (κ1) is 13.7. The first-order valence-corrected chi connectivity index (χ1v) is 7.14. The summed E-state index contributed by atoms with van der Waals surface area (Å²) in [5, 5.41) is 0.669. The molecule has 0 radical (unpaired) electrons. The quantitative estimate of drug-likeness (QED) is 0.745. The molecular weight excluding hydrogens is 381 g/mol. The summed E-state index contributed by atoms with van der Waals surface area (Å²) in [6.45, 7) is 0.459. The SMILES string of the molecule is Nc1ccc(COc2ccc(Cl)cc2Br)c(Br)c1. The van der Waals surface area contributed by atoms with Gasteiger partial charge in [0.2, 0.25) is 0 Å². The number of anilines is 1. The highest BCUT2D eigenvalue weighted by atomic mass is 79.9. The summed E-state index contributed by atoms with van der Waals surface area (Å²) in [7, 11) is 0. The molecule has 5 heteroatoms. The van der Waals surface area contributed by atoms with E-state index >= 15 is 0 Å². The summed E-state index contributed by atoms with van der Waals surface area (Å²) in [4.78, 5) is 0. The number of rotatable bonds is 3. The van der Waals surface area contributed by atoms with E-state index in [-0.39, 0.29) is 0 Å². The van der Waals surface area contributed by atoms with E-state index in [1.165, 1.54) is 0 Å². The van der Waals surface area contributed by atoms with E-state index < -0.39 is 0 Å². The average molecular weight is 391 g/mol. The molecule has 0 spiro atoms. The molecule has 2 aromatic carbocycles. The maximum atomic E-state index is 5.87. The zero-order valence-electron chi connectivity index (χ0n) is 9.29. The first-order valence-electron chi connectivity index (χ1n) is 5.18. The van der Waals surface area contributed by atoms with E-state index in [4.69, 9.17) is 22.1 Å². The molecule has 0 unspecified atom stereocenters. The molecule has 0 fully saturated rings. The zero-order chi connectivity index (χ0) is 13.1. The maximum Gasteiger partial charge on any atom is 0.134 e. The van der Waals surface area contributed by atoms with E-state index in [0.29, 0.717) is 11.6 Å². The molecule has 0 aliphatic heterocycles. The largest absolute Gasteiger partial charge is 0.488 e. The average Bonchev–Trinajstić information content (AvgIpc) is 2.30. The van der Waals surface area contributed by atoms with Crippen LogP contribution in [0.5, 0.6) is 5.75 Å². The predicted octanol–water partition coefficient (Wildman–Crippen LogP) is 5.03. The topological polar surface area (TPSA) is 35.2 Å². The molecule has 0 atom stereocenters. The fraction of sp³-hybridized carbons (Fsp3) is 0.0769. The third-order valence-electron chi connectivity index (χ3n) is 2.35. The van der Waals surface area contributed by atoms with Gasteiger partial charge >= 0.3 is 0 Å². The fourth-order valence-electron chi connectivity index (χ4n) is 1.43. The van der Waals surface area contributed by atoms with Crippen LogP contribution < -0.4 is 10.5 Å². The lowest BCUT2D eigenvalue weighted by molar-refractivity contribution is 0.303. The molecule has 2 nitrogen and oxygen atoms in total. The summed E-state index contributed by atoms with van der Waals surface area (Å²) in [5.74, 6) is 0.753. The van der Waals surface area contributed by atoms with Crippen molar-refractivity contribution in [3.05, 3.63) is 55.9 Å². The Bertz CT molecular complexity index is 523. The smallest absolute Gasteiger partial charge is 0.134 e. The molecule has 2 rings (SSSR count). The molecule has 0 bridgehead atoms. The Hall–Kier alpha value is -0.710. The van der Waals surface area contributed by atoms with Crippen molar-refractivity contribution in [2.24, 2.45) is 0 Å². The third kappa shape index (κ3) is 3.40. The van der Waals surface area contributed by atoms with Crippen LogP contribution in [0, 0.1) is 0 Å². The monoisotopic (exact) mass is 389 g/mol. The van der Waals surface area contributed by atoms with Crippen LogP contribution in [0.3, 0.4) is 0 Å². The minimum Gasteiger partial charge on any atom is -0.488 e. The Morgan fingerprint density at radius 2 is 1.83 bits per heavy atom. The van der Waals surface area contributed by atoms with Crippen molar-refractivity contribution in [2.45, 2.75) is 6.61 Å². The molecule has 0 heterocycles. The van der Waals surface area contributed by atoms with E-state index in [2.05, 4.69) is 31.9 Å². The summed E-state index contributed by atoms with van der Waals surface area (Å²) in [6.07, 6.45) is 0. The minimum absolute atomic E-state index is 0.459. The number of nitrogen functional groups attached to an aromatic ring is 1.